The third kappa shape index (κ3) is 4.80. The van der Waals surface area contributed by atoms with E-state index >= 15 is 0 Å². The van der Waals surface area contributed by atoms with Gasteiger partial charge in [0.1, 0.15) is 0 Å². The van der Waals surface area contributed by atoms with Crippen LogP contribution >= 0.6 is 0 Å². The number of likely N-dealkylation sites (tertiary alicyclic amines) is 1. The predicted molar refractivity (Wildman–Crippen MR) is 145 cm³/mol. The third-order valence-electron chi connectivity index (χ3n) is 9.22. The number of hydrogen-bond donors (Lipinski definition) is 0. The highest BCUT2D eigenvalue weighted by Crippen LogP contribution is 2.52. The second kappa shape index (κ2) is 10.2. The molecule has 3 fully saturated rings. The molecule has 0 radical (unpaired) electrons. The van der Waals surface area contributed by atoms with Crippen molar-refractivity contribution in [3.05, 3.63) is 60.2 Å². The Bertz CT molecular complexity index is 1180. The van der Waals surface area contributed by atoms with Crippen molar-refractivity contribution >= 4 is 15.5 Å². The van der Waals surface area contributed by atoms with Gasteiger partial charge in [0.15, 0.2) is 9.84 Å². The van der Waals surface area contributed by atoms with Crippen LogP contribution in [0.1, 0.15) is 44.6 Å². The van der Waals surface area contributed by atoms with Crippen molar-refractivity contribution in [2.45, 2.75) is 49.3 Å². The van der Waals surface area contributed by atoms with E-state index in [1.807, 2.05) is 12.1 Å². The van der Waals surface area contributed by atoms with E-state index in [2.05, 4.69) is 53.1 Å². The van der Waals surface area contributed by atoms with Crippen LogP contribution in [0.15, 0.2) is 59.5 Å². The van der Waals surface area contributed by atoms with Crippen LogP contribution in [0.5, 0.6) is 0 Å². The Morgan fingerprint density at radius 3 is 2.19 bits per heavy atom. The van der Waals surface area contributed by atoms with Crippen molar-refractivity contribution in [3.63, 3.8) is 0 Å². The Balaban J connectivity index is 1.19. The first-order chi connectivity index (χ1) is 17.3. The topological polar surface area (TPSA) is 64.4 Å². The average molecular weight is 506 g/mol. The molecule has 0 aromatic heterocycles. The fourth-order valence-corrected chi connectivity index (χ4v) is 7.89. The standard InChI is InChI=1S/C30H39N3O2S/c1-23-7-6-10-29(23)30(22-31,25-8-4-3-5-9-25)26-15-17-32(18-16-26)19-24-20-33(21-24)27-11-13-28(14-12-27)36(2,34)35/h3-5,8-9,11-14,23-24,26,29H,6-7,10,15-21H2,1-2H3/t23-,29-,30?/m0/s1. The Hall–Kier alpha value is -2.36. The maximum absolute atomic E-state index is 11.7. The lowest BCUT2D eigenvalue weighted by Gasteiger charge is -2.48. The number of sulfone groups is 1. The number of rotatable bonds is 7. The summed E-state index contributed by atoms with van der Waals surface area (Å²) in [7, 11) is -3.15. The van der Waals surface area contributed by atoms with Crippen LogP contribution in [0.25, 0.3) is 0 Å². The van der Waals surface area contributed by atoms with Gasteiger partial charge in [-0.3, -0.25) is 0 Å². The molecule has 2 aliphatic heterocycles. The third-order valence-corrected chi connectivity index (χ3v) is 10.3. The van der Waals surface area contributed by atoms with E-state index in [1.165, 1.54) is 31.1 Å². The molecule has 5 nitrogen and oxygen atoms in total. The molecule has 3 atom stereocenters. The summed E-state index contributed by atoms with van der Waals surface area (Å²) in [5, 5.41) is 10.7. The van der Waals surface area contributed by atoms with E-state index in [9.17, 15) is 13.7 Å². The second-order valence-electron chi connectivity index (χ2n) is 11.5. The normalized spacial score (nSPS) is 25.8. The number of anilines is 1. The van der Waals surface area contributed by atoms with E-state index in [1.54, 1.807) is 12.1 Å². The first-order valence-corrected chi connectivity index (χ1v) is 15.4. The molecule has 36 heavy (non-hydrogen) atoms. The molecular formula is C30H39N3O2S. The van der Waals surface area contributed by atoms with E-state index in [4.69, 9.17) is 0 Å². The number of hydrogen-bond acceptors (Lipinski definition) is 5. The first kappa shape index (κ1) is 25.3. The summed E-state index contributed by atoms with van der Waals surface area (Å²) in [5.74, 6) is 2.12. The molecular weight excluding hydrogens is 466 g/mol. The minimum Gasteiger partial charge on any atom is -0.371 e. The number of benzene rings is 2. The zero-order valence-electron chi connectivity index (χ0n) is 21.6. The lowest BCUT2D eigenvalue weighted by Crippen LogP contribution is -2.54. The largest absolute Gasteiger partial charge is 0.371 e. The zero-order valence-corrected chi connectivity index (χ0v) is 22.5. The van der Waals surface area contributed by atoms with Crippen LogP contribution in [0, 0.1) is 35.0 Å². The Morgan fingerprint density at radius 1 is 0.972 bits per heavy atom. The van der Waals surface area contributed by atoms with Crippen molar-refractivity contribution in [1.29, 1.82) is 5.26 Å². The quantitative estimate of drug-likeness (QED) is 0.522. The molecule has 1 unspecified atom stereocenters. The molecule has 1 aliphatic carbocycles. The minimum atomic E-state index is -3.15. The van der Waals surface area contributed by atoms with Gasteiger partial charge in [0.05, 0.1) is 16.4 Å². The number of nitrogens with zero attached hydrogens (tertiary/aromatic N) is 3. The Labute approximate surface area is 217 Å². The van der Waals surface area contributed by atoms with Crippen molar-refractivity contribution in [1.82, 2.24) is 4.90 Å². The SMILES string of the molecule is C[C@H]1CCC[C@@H]1C(C#N)(c1ccccc1)C1CCN(CC2CN(c3ccc(S(C)(=O)=O)cc3)C2)CC1. The van der Waals surface area contributed by atoms with Gasteiger partial charge in [0, 0.05) is 37.5 Å². The van der Waals surface area contributed by atoms with Gasteiger partial charge in [-0.1, -0.05) is 50.1 Å². The highest BCUT2D eigenvalue weighted by molar-refractivity contribution is 7.90. The number of nitriles is 1. The maximum atomic E-state index is 11.7. The highest BCUT2D eigenvalue weighted by Gasteiger charge is 2.51. The van der Waals surface area contributed by atoms with Crippen LogP contribution < -0.4 is 4.90 Å². The molecule has 6 heteroatoms. The van der Waals surface area contributed by atoms with E-state index < -0.39 is 9.84 Å². The monoisotopic (exact) mass is 505 g/mol. The first-order valence-electron chi connectivity index (χ1n) is 13.6. The number of piperidine rings is 1. The van der Waals surface area contributed by atoms with Crippen LogP contribution in [0.4, 0.5) is 5.69 Å². The molecule has 0 bridgehead atoms. The Morgan fingerprint density at radius 2 is 1.64 bits per heavy atom. The van der Waals surface area contributed by atoms with Crippen molar-refractivity contribution in [2.75, 3.05) is 43.9 Å². The molecule has 2 heterocycles. The fourth-order valence-electron chi connectivity index (χ4n) is 7.26. The lowest BCUT2D eigenvalue weighted by atomic mass is 9.58. The summed E-state index contributed by atoms with van der Waals surface area (Å²) in [6, 6.07) is 20.9. The highest BCUT2D eigenvalue weighted by atomic mass is 32.2. The van der Waals surface area contributed by atoms with Crippen LogP contribution in [0.3, 0.4) is 0 Å². The summed E-state index contributed by atoms with van der Waals surface area (Å²) in [6.45, 7) is 7.64. The van der Waals surface area contributed by atoms with E-state index in [-0.39, 0.29) is 5.41 Å². The summed E-state index contributed by atoms with van der Waals surface area (Å²) in [4.78, 5) is 5.32. The average Bonchev–Trinajstić information content (AvgIpc) is 3.29. The van der Waals surface area contributed by atoms with E-state index in [0.29, 0.717) is 28.6 Å². The summed E-state index contributed by atoms with van der Waals surface area (Å²) in [5.41, 5.74) is 1.97. The van der Waals surface area contributed by atoms with Gasteiger partial charge in [-0.25, -0.2) is 8.42 Å². The van der Waals surface area contributed by atoms with Crippen LogP contribution in [0.2, 0.25) is 0 Å². The molecule has 2 aromatic rings. The smallest absolute Gasteiger partial charge is 0.175 e. The molecule has 0 N–H and O–H groups in total. The molecule has 1 saturated carbocycles. The molecule has 2 saturated heterocycles. The lowest BCUT2D eigenvalue weighted by molar-refractivity contribution is 0.0931. The van der Waals surface area contributed by atoms with Gasteiger partial charge in [-0.2, -0.15) is 5.26 Å². The van der Waals surface area contributed by atoms with Crippen molar-refractivity contribution in [3.8, 4) is 6.07 Å². The van der Waals surface area contributed by atoms with Crippen LogP contribution in [-0.4, -0.2) is 52.3 Å². The summed E-state index contributed by atoms with van der Waals surface area (Å²) < 4.78 is 23.4. The molecule has 3 aliphatic rings. The van der Waals surface area contributed by atoms with Gasteiger partial charge in [-0.15, -0.1) is 0 Å². The van der Waals surface area contributed by atoms with Crippen molar-refractivity contribution < 1.29 is 8.42 Å². The van der Waals surface area contributed by atoms with Crippen molar-refractivity contribution in [2.24, 2.45) is 23.7 Å². The van der Waals surface area contributed by atoms with Gasteiger partial charge in [0.2, 0.25) is 0 Å². The van der Waals surface area contributed by atoms with Gasteiger partial charge >= 0.3 is 0 Å². The molecule has 2 aromatic carbocycles. The minimum absolute atomic E-state index is 0.366. The fraction of sp³-hybridized carbons (Fsp3) is 0.567. The molecule has 192 valence electrons. The van der Waals surface area contributed by atoms with Gasteiger partial charge < -0.3 is 9.80 Å². The molecule has 5 rings (SSSR count). The Kier molecular flexibility index (Phi) is 7.16. The van der Waals surface area contributed by atoms with E-state index in [0.717, 1.165) is 51.3 Å². The zero-order chi connectivity index (χ0) is 25.3. The predicted octanol–water partition coefficient (Wildman–Crippen LogP) is 5.14. The molecule has 0 spiro atoms. The van der Waals surface area contributed by atoms with Gasteiger partial charge in [-0.05, 0) is 79.9 Å². The second-order valence-corrected chi connectivity index (χ2v) is 13.5. The van der Waals surface area contributed by atoms with Crippen LogP contribution in [-0.2, 0) is 15.3 Å². The summed E-state index contributed by atoms with van der Waals surface area (Å²) >= 11 is 0. The van der Waals surface area contributed by atoms with Gasteiger partial charge in [0.25, 0.3) is 0 Å². The molecule has 0 amide bonds. The maximum Gasteiger partial charge on any atom is 0.175 e. The summed E-state index contributed by atoms with van der Waals surface area (Å²) in [6.07, 6.45) is 7.10.